The molecule has 1 aromatic rings. The average Bonchev–Trinajstić information content (AvgIpc) is 3.81. The van der Waals surface area contributed by atoms with Crippen molar-refractivity contribution in [2.75, 3.05) is 11.9 Å². The third-order valence-electron chi connectivity index (χ3n) is 6.73. The van der Waals surface area contributed by atoms with Crippen LogP contribution in [0.3, 0.4) is 0 Å². The zero-order valence-electron chi connectivity index (χ0n) is 21.9. The van der Waals surface area contributed by atoms with Gasteiger partial charge < -0.3 is 21.5 Å². The Balaban J connectivity index is 1.80. The Morgan fingerprint density at radius 2 is 1.89 bits per heavy atom. The lowest BCUT2D eigenvalue weighted by molar-refractivity contribution is -0.124. The highest BCUT2D eigenvalue weighted by atomic mass is 19.3. The summed E-state index contributed by atoms with van der Waals surface area (Å²) < 4.78 is 27.0. The number of hydrogen-bond donors (Lipinski definition) is 5. The first-order valence-electron chi connectivity index (χ1n) is 12.9. The van der Waals surface area contributed by atoms with Gasteiger partial charge in [-0.2, -0.15) is 5.10 Å². The predicted octanol–water partition coefficient (Wildman–Crippen LogP) is 2.83. The molecule has 10 nitrogen and oxygen atoms in total. The molecule has 38 heavy (non-hydrogen) atoms. The first-order valence-corrected chi connectivity index (χ1v) is 12.9. The van der Waals surface area contributed by atoms with Crippen LogP contribution in [0.25, 0.3) is 0 Å². The van der Waals surface area contributed by atoms with Crippen LogP contribution >= 0.6 is 0 Å². The number of aliphatic hydroxyl groups excluding tert-OH is 1. The van der Waals surface area contributed by atoms with Crippen LogP contribution in [0.2, 0.25) is 0 Å². The summed E-state index contributed by atoms with van der Waals surface area (Å²) in [6.45, 7) is 4.78. The average molecular weight is 534 g/mol. The van der Waals surface area contributed by atoms with Crippen molar-refractivity contribution >= 4 is 28.9 Å². The van der Waals surface area contributed by atoms with E-state index in [9.17, 15) is 23.5 Å². The molecule has 0 aliphatic heterocycles. The number of nitrogens with two attached hydrogens (primary N) is 1. The summed E-state index contributed by atoms with van der Waals surface area (Å²) in [7, 11) is 0. The molecule has 0 aromatic carbocycles. The van der Waals surface area contributed by atoms with Gasteiger partial charge in [-0.15, -0.1) is 0 Å². The van der Waals surface area contributed by atoms with Crippen LogP contribution in [0.1, 0.15) is 52.5 Å². The summed E-state index contributed by atoms with van der Waals surface area (Å²) in [5, 5.41) is 26.9. The first kappa shape index (κ1) is 29.2. The van der Waals surface area contributed by atoms with E-state index in [-0.39, 0.29) is 29.2 Å². The van der Waals surface area contributed by atoms with Crippen LogP contribution in [0.5, 0.6) is 0 Å². The zero-order valence-corrected chi connectivity index (χ0v) is 21.9. The molecular formula is C26H37F2N7O3. The standard InChI is InChI=1S/C26H37F2N7O3/c1-14(2)32-21(8-9-29)25(37)34-23(22(16-4-5-16)17-6-7-17)26(38)33-19-11-31-35(12-19)15(3)18(13-36)10-20(30)24(27)28/h8-12,14-17,22-24,30,36H,4-7,13,29H2,1-3H3,(H,33,38)(H,34,37)/b9-8?,18-10+,30-20?,32-21?. The Morgan fingerprint density at radius 3 is 2.39 bits per heavy atom. The molecule has 2 aliphatic rings. The SMILES string of the molecule is CC(C)N=C(C=CN)C(=O)NC(C(=O)Nc1cnn(C(C)/C(=C/C(=N)C(F)F)CO)c1)C(C1CC1)C1CC1. The summed E-state index contributed by atoms with van der Waals surface area (Å²) >= 11 is 0. The van der Waals surface area contributed by atoms with Crippen LogP contribution in [-0.4, -0.2) is 63.2 Å². The maximum absolute atomic E-state index is 13.5. The second-order valence-electron chi connectivity index (χ2n) is 10.2. The summed E-state index contributed by atoms with van der Waals surface area (Å²) in [4.78, 5) is 31.0. The minimum atomic E-state index is -2.96. The number of halogens is 2. The molecule has 3 rings (SSSR count). The van der Waals surface area contributed by atoms with E-state index in [1.165, 1.54) is 29.4 Å². The molecule has 2 atom stereocenters. The number of rotatable bonds is 14. The molecular weight excluding hydrogens is 496 g/mol. The zero-order chi connectivity index (χ0) is 28.0. The van der Waals surface area contributed by atoms with Crippen molar-refractivity contribution < 1.29 is 23.5 Å². The Morgan fingerprint density at radius 1 is 1.26 bits per heavy atom. The highest BCUT2D eigenvalue weighted by Crippen LogP contribution is 2.50. The summed E-state index contributed by atoms with van der Waals surface area (Å²) in [5.41, 5.74) is 5.28. The number of aliphatic imine (C=N–C) groups is 1. The van der Waals surface area contributed by atoms with Gasteiger partial charge in [-0.25, -0.2) is 8.78 Å². The quantitative estimate of drug-likeness (QED) is 0.232. The van der Waals surface area contributed by atoms with Crippen molar-refractivity contribution in [3.8, 4) is 0 Å². The fraction of sp³-hybridized carbons (Fsp3) is 0.577. The maximum Gasteiger partial charge on any atom is 0.279 e. The first-order chi connectivity index (χ1) is 18.0. The van der Waals surface area contributed by atoms with Gasteiger partial charge in [0.15, 0.2) is 0 Å². The van der Waals surface area contributed by atoms with Crippen molar-refractivity contribution in [3.63, 3.8) is 0 Å². The number of aromatic nitrogens is 2. The number of aliphatic hydroxyl groups is 1. The molecule has 2 amide bonds. The lowest BCUT2D eigenvalue weighted by atomic mass is 9.88. The molecule has 0 bridgehead atoms. The second kappa shape index (κ2) is 12.9. The summed E-state index contributed by atoms with van der Waals surface area (Å²) in [6.07, 6.45) is 7.60. The third kappa shape index (κ3) is 7.80. The van der Waals surface area contributed by atoms with Crippen molar-refractivity contribution in [3.05, 3.63) is 36.3 Å². The largest absolute Gasteiger partial charge is 0.405 e. The lowest BCUT2D eigenvalue weighted by Gasteiger charge is -2.27. The van der Waals surface area contributed by atoms with Crippen LogP contribution in [0.15, 0.2) is 41.3 Å². The van der Waals surface area contributed by atoms with E-state index in [2.05, 4.69) is 20.7 Å². The van der Waals surface area contributed by atoms with Crippen LogP contribution < -0.4 is 16.4 Å². The number of anilines is 1. The molecule has 6 N–H and O–H groups in total. The molecule has 2 saturated carbocycles. The molecule has 0 saturated heterocycles. The number of allylic oxidation sites excluding steroid dienone is 1. The number of alkyl halides is 2. The number of hydrogen-bond acceptors (Lipinski definition) is 7. The normalized spacial score (nSPS) is 18.3. The molecule has 0 radical (unpaired) electrons. The Kier molecular flexibility index (Phi) is 9.90. The topological polar surface area (TPSA) is 158 Å². The third-order valence-corrected chi connectivity index (χ3v) is 6.73. The van der Waals surface area contributed by atoms with E-state index in [0.717, 1.165) is 31.8 Å². The monoisotopic (exact) mass is 533 g/mol. The predicted molar refractivity (Wildman–Crippen MR) is 141 cm³/mol. The molecule has 0 spiro atoms. The molecule has 12 heteroatoms. The van der Waals surface area contributed by atoms with Crippen molar-refractivity contribution in [1.29, 1.82) is 5.41 Å². The van der Waals surface area contributed by atoms with E-state index >= 15 is 0 Å². The van der Waals surface area contributed by atoms with Crippen molar-refractivity contribution in [2.45, 2.75) is 71.0 Å². The van der Waals surface area contributed by atoms with Crippen molar-refractivity contribution in [1.82, 2.24) is 15.1 Å². The fourth-order valence-electron chi connectivity index (χ4n) is 4.56. The number of nitrogens with one attached hydrogen (secondary N) is 3. The highest BCUT2D eigenvalue weighted by molar-refractivity contribution is 6.43. The lowest BCUT2D eigenvalue weighted by Crippen LogP contribution is -2.51. The van der Waals surface area contributed by atoms with Gasteiger partial charge in [0.25, 0.3) is 12.3 Å². The van der Waals surface area contributed by atoms with Gasteiger partial charge in [0.2, 0.25) is 5.91 Å². The minimum Gasteiger partial charge on any atom is -0.405 e. The summed E-state index contributed by atoms with van der Waals surface area (Å²) in [5.74, 6) is -0.138. The van der Waals surface area contributed by atoms with Crippen LogP contribution in [0, 0.1) is 23.2 Å². The number of carbonyl (C=O) groups is 2. The fourth-order valence-corrected chi connectivity index (χ4v) is 4.56. The Hall–Kier alpha value is -3.41. The van der Waals surface area contributed by atoms with Crippen molar-refractivity contribution in [2.24, 2.45) is 28.5 Å². The van der Waals surface area contributed by atoms with Crippen LogP contribution in [-0.2, 0) is 9.59 Å². The highest BCUT2D eigenvalue weighted by Gasteiger charge is 2.48. The van der Waals surface area contributed by atoms with Gasteiger partial charge in [-0.1, -0.05) is 0 Å². The van der Waals surface area contributed by atoms with E-state index in [1.807, 2.05) is 13.8 Å². The van der Waals surface area contributed by atoms with Gasteiger partial charge in [-0.05, 0) is 88.1 Å². The van der Waals surface area contributed by atoms with Crippen LogP contribution in [0.4, 0.5) is 14.5 Å². The maximum atomic E-state index is 13.5. The molecule has 2 fully saturated rings. The molecule has 2 aliphatic carbocycles. The summed E-state index contributed by atoms with van der Waals surface area (Å²) in [6, 6.07) is -1.56. The van der Waals surface area contributed by atoms with E-state index in [1.54, 1.807) is 6.92 Å². The number of amides is 2. The second-order valence-corrected chi connectivity index (χ2v) is 10.2. The molecule has 2 unspecified atom stereocenters. The van der Waals surface area contributed by atoms with E-state index in [0.29, 0.717) is 17.5 Å². The van der Waals surface area contributed by atoms with Gasteiger partial charge in [0, 0.05) is 12.2 Å². The van der Waals surface area contributed by atoms with Gasteiger partial charge in [0.05, 0.1) is 30.2 Å². The van der Waals surface area contributed by atoms with E-state index in [4.69, 9.17) is 11.1 Å². The van der Waals surface area contributed by atoms with Gasteiger partial charge in [0.1, 0.15) is 11.8 Å². The molecule has 1 heterocycles. The minimum absolute atomic E-state index is 0.000594. The Labute approximate surface area is 221 Å². The Bertz CT molecular complexity index is 1090. The number of carbonyl (C=O) groups excluding carboxylic acids is 2. The number of nitrogens with zero attached hydrogens (tertiary/aromatic N) is 3. The molecule has 1 aromatic heterocycles. The molecule has 208 valence electrons. The van der Waals surface area contributed by atoms with Gasteiger partial charge >= 0.3 is 0 Å². The smallest absolute Gasteiger partial charge is 0.279 e. The van der Waals surface area contributed by atoms with Gasteiger partial charge in [-0.3, -0.25) is 24.7 Å². The van der Waals surface area contributed by atoms with E-state index < -0.39 is 36.7 Å².